The van der Waals surface area contributed by atoms with Crippen molar-refractivity contribution in [1.29, 1.82) is 0 Å². The smallest absolute Gasteiger partial charge is 0.462 e. The molecule has 486 valence electrons. The molecule has 0 aromatic carbocycles. The first kappa shape index (κ1) is 80.1. The summed E-state index contributed by atoms with van der Waals surface area (Å²) in [5.41, 5.74) is 0. The lowest BCUT2D eigenvalue weighted by atomic mass is 10.0. The standard InChI is InChI=1S/C63H122O17P2/c1-5-9-13-17-21-25-27-29-31-33-37-40-44-48-61(66)74-54-59(80-63(68)50-46-42-38-34-32-30-28-26-22-18-14-10-6-2)56-78-82(71,72)76-52-57(64)51-75-81(69,70)77-55-58(79-62(67)49-45-41-36-24-20-16-12-8-4)53-73-60(65)47-43-39-35-23-19-15-11-7-3/h57-59,64H,5-56H2,1-4H3,(H,69,70)(H,71,72)/t57-,58+,59+/m0/s1. The van der Waals surface area contributed by atoms with Crippen molar-refractivity contribution in [2.24, 2.45) is 0 Å². The molecule has 0 aliphatic heterocycles. The minimum Gasteiger partial charge on any atom is -0.462 e. The molecule has 17 nitrogen and oxygen atoms in total. The van der Waals surface area contributed by atoms with E-state index < -0.39 is 97.5 Å². The molecule has 0 aliphatic carbocycles. The maximum Gasteiger partial charge on any atom is 0.472 e. The van der Waals surface area contributed by atoms with E-state index in [9.17, 15) is 43.2 Å². The summed E-state index contributed by atoms with van der Waals surface area (Å²) in [6.45, 7) is 4.84. The lowest BCUT2D eigenvalue weighted by Gasteiger charge is -2.21. The average Bonchev–Trinajstić information content (AvgIpc) is 3.45. The van der Waals surface area contributed by atoms with E-state index in [4.69, 9.17) is 37.0 Å². The lowest BCUT2D eigenvalue weighted by molar-refractivity contribution is -0.161. The van der Waals surface area contributed by atoms with Crippen LogP contribution in [-0.2, 0) is 65.4 Å². The van der Waals surface area contributed by atoms with Crippen LogP contribution >= 0.6 is 15.6 Å². The molecule has 0 saturated carbocycles. The van der Waals surface area contributed by atoms with Crippen LogP contribution in [0, 0.1) is 0 Å². The van der Waals surface area contributed by atoms with Gasteiger partial charge in [-0.2, -0.15) is 0 Å². The molecule has 3 N–H and O–H groups in total. The zero-order chi connectivity index (χ0) is 60.5. The number of esters is 4. The third kappa shape index (κ3) is 57.2. The Kier molecular flexibility index (Phi) is 56.7. The van der Waals surface area contributed by atoms with Gasteiger partial charge in [0.1, 0.15) is 19.3 Å². The number of carbonyl (C=O) groups is 4. The number of carbonyl (C=O) groups excluding carboxylic acids is 4. The molecule has 0 radical (unpaired) electrons. The SMILES string of the molecule is CCCCCCCCCCCCCCCC(=O)OC[C@H](COP(=O)(O)OC[C@@H](O)COP(=O)(O)OC[C@@H](COC(=O)CCCCCCCCCC)OC(=O)CCCCCCCCCC)OC(=O)CCCCCCCCCCCCCCC. The van der Waals surface area contributed by atoms with Gasteiger partial charge in [-0.05, 0) is 25.7 Å². The van der Waals surface area contributed by atoms with Crippen molar-refractivity contribution < 1.29 is 80.2 Å². The molecule has 0 aromatic heterocycles. The molecule has 0 amide bonds. The molecule has 0 heterocycles. The number of unbranched alkanes of at least 4 members (excludes halogenated alkanes) is 38. The second-order valence-electron chi connectivity index (χ2n) is 22.8. The van der Waals surface area contributed by atoms with Gasteiger partial charge in [-0.25, -0.2) is 9.13 Å². The summed E-state index contributed by atoms with van der Waals surface area (Å²) in [6.07, 6.45) is 43.0. The molecule has 0 rings (SSSR count). The predicted octanol–water partition coefficient (Wildman–Crippen LogP) is 17.5. The van der Waals surface area contributed by atoms with Gasteiger partial charge in [0.15, 0.2) is 12.2 Å². The van der Waals surface area contributed by atoms with Crippen LogP contribution in [0.1, 0.15) is 323 Å². The average molecular weight is 1210 g/mol. The summed E-state index contributed by atoms with van der Waals surface area (Å²) >= 11 is 0. The van der Waals surface area contributed by atoms with Crippen molar-refractivity contribution in [3.8, 4) is 0 Å². The number of hydrogen-bond donors (Lipinski definition) is 3. The second kappa shape index (κ2) is 58.1. The first-order chi connectivity index (χ1) is 39.7. The van der Waals surface area contributed by atoms with Crippen LogP contribution in [0.15, 0.2) is 0 Å². The Balaban J connectivity index is 5.20. The van der Waals surface area contributed by atoms with E-state index in [1.54, 1.807) is 0 Å². The molecule has 19 heteroatoms. The zero-order valence-corrected chi connectivity index (χ0v) is 54.2. The van der Waals surface area contributed by atoms with Gasteiger partial charge < -0.3 is 33.8 Å². The minimum atomic E-state index is -4.94. The number of hydrogen-bond acceptors (Lipinski definition) is 15. The van der Waals surface area contributed by atoms with Crippen molar-refractivity contribution in [3.05, 3.63) is 0 Å². The van der Waals surface area contributed by atoms with E-state index in [0.717, 1.165) is 103 Å². The Morgan fingerprint density at radius 2 is 0.488 bits per heavy atom. The summed E-state index contributed by atoms with van der Waals surface area (Å²) in [4.78, 5) is 72.0. The Bertz CT molecular complexity index is 1590. The quantitative estimate of drug-likeness (QED) is 0.0222. The zero-order valence-electron chi connectivity index (χ0n) is 52.5. The first-order valence-corrected chi connectivity index (χ1v) is 36.3. The summed E-state index contributed by atoms with van der Waals surface area (Å²) in [5.74, 6) is -2.14. The Morgan fingerprint density at radius 3 is 0.720 bits per heavy atom. The molecule has 5 atom stereocenters. The first-order valence-electron chi connectivity index (χ1n) is 33.3. The number of phosphoric acid groups is 2. The highest BCUT2D eigenvalue weighted by atomic mass is 31.2. The number of aliphatic hydroxyl groups excluding tert-OH is 1. The molecule has 0 saturated heterocycles. The topological polar surface area (TPSA) is 237 Å². The van der Waals surface area contributed by atoms with Crippen molar-refractivity contribution in [2.45, 2.75) is 341 Å². The fourth-order valence-corrected chi connectivity index (χ4v) is 11.0. The third-order valence-corrected chi connectivity index (χ3v) is 16.5. The van der Waals surface area contributed by atoms with E-state index in [1.165, 1.54) is 141 Å². The number of ether oxygens (including phenoxy) is 4. The van der Waals surface area contributed by atoms with Crippen LogP contribution in [0.5, 0.6) is 0 Å². The summed E-state index contributed by atoms with van der Waals surface area (Å²) in [5, 5.41) is 10.5. The largest absolute Gasteiger partial charge is 0.472 e. The van der Waals surface area contributed by atoms with E-state index in [-0.39, 0.29) is 25.7 Å². The molecule has 0 fully saturated rings. The van der Waals surface area contributed by atoms with E-state index in [2.05, 4.69) is 27.7 Å². The van der Waals surface area contributed by atoms with Gasteiger partial charge >= 0.3 is 39.5 Å². The fraction of sp³-hybridized carbons (Fsp3) is 0.937. The van der Waals surface area contributed by atoms with Gasteiger partial charge in [0.2, 0.25) is 0 Å². The van der Waals surface area contributed by atoms with Gasteiger partial charge in [0.05, 0.1) is 26.4 Å². The van der Waals surface area contributed by atoms with Gasteiger partial charge in [-0.1, -0.05) is 272 Å². The minimum absolute atomic E-state index is 0.105. The van der Waals surface area contributed by atoms with Crippen LogP contribution < -0.4 is 0 Å². The molecular weight excluding hydrogens is 1090 g/mol. The molecule has 0 spiro atoms. The highest BCUT2D eigenvalue weighted by Crippen LogP contribution is 2.45. The highest BCUT2D eigenvalue weighted by Gasteiger charge is 2.30. The molecular formula is C63H122O17P2. The van der Waals surface area contributed by atoms with Crippen molar-refractivity contribution in [2.75, 3.05) is 39.6 Å². The predicted molar refractivity (Wildman–Crippen MR) is 326 cm³/mol. The summed E-state index contributed by atoms with van der Waals surface area (Å²) in [7, 11) is -9.88. The molecule has 0 bridgehead atoms. The maximum absolute atomic E-state index is 13.0. The van der Waals surface area contributed by atoms with Crippen LogP contribution in [-0.4, -0.2) is 96.7 Å². The van der Waals surface area contributed by atoms with E-state index in [1.807, 2.05) is 0 Å². The molecule has 0 aliphatic rings. The van der Waals surface area contributed by atoms with Crippen LogP contribution in [0.2, 0.25) is 0 Å². The molecule has 82 heavy (non-hydrogen) atoms. The van der Waals surface area contributed by atoms with Gasteiger partial charge in [-0.3, -0.25) is 37.3 Å². The monoisotopic (exact) mass is 1210 g/mol. The molecule has 2 unspecified atom stereocenters. The summed E-state index contributed by atoms with van der Waals surface area (Å²) < 4.78 is 67.9. The van der Waals surface area contributed by atoms with Gasteiger partial charge in [0.25, 0.3) is 0 Å². The number of phosphoric ester groups is 2. The number of rotatable bonds is 64. The van der Waals surface area contributed by atoms with Gasteiger partial charge in [0, 0.05) is 25.7 Å². The van der Waals surface area contributed by atoms with Crippen LogP contribution in [0.25, 0.3) is 0 Å². The van der Waals surface area contributed by atoms with Crippen LogP contribution in [0.3, 0.4) is 0 Å². The van der Waals surface area contributed by atoms with Crippen molar-refractivity contribution >= 4 is 39.5 Å². The lowest BCUT2D eigenvalue weighted by Crippen LogP contribution is -2.30. The van der Waals surface area contributed by atoms with Crippen LogP contribution in [0.4, 0.5) is 0 Å². The van der Waals surface area contributed by atoms with Crippen molar-refractivity contribution in [3.63, 3.8) is 0 Å². The highest BCUT2D eigenvalue weighted by molar-refractivity contribution is 7.47. The Labute approximate surface area is 498 Å². The van der Waals surface area contributed by atoms with E-state index in [0.29, 0.717) is 25.7 Å². The third-order valence-electron chi connectivity index (χ3n) is 14.6. The second-order valence-corrected chi connectivity index (χ2v) is 25.7. The number of aliphatic hydroxyl groups is 1. The van der Waals surface area contributed by atoms with E-state index >= 15 is 0 Å². The summed E-state index contributed by atoms with van der Waals surface area (Å²) in [6, 6.07) is 0. The molecule has 0 aromatic rings. The van der Waals surface area contributed by atoms with Gasteiger partial charge in [-0.15, -0.1) is 0 Å². The maximum atomic E-state index is 13.0. The fourth-order valence-electron chi connectivity index (χ4n) is 9.46. The normalized spacial score (nSPS) is 14.2. The Hall–Kier alpha value is -1.94. The Morgan fingerprint density at radius 1 is 0.293 bits per heavy atom. The van der Waals surface area contributed by atoms with Crippen molar-refractivity contribution in [1.82, 2.24) is 0 Å².